The van der Waals surface area contributed by atoms with E-state index in [0.717, 1.165) is 31.6 Å². The molecule has 1 aromatic rings. The molecule has 0 saturated carbocycles. The van der Waals surface area contributed by atoms with Gasteiger partial charge in [0, 0.05) is 18.7 Å². The number of rotatable bonds is 4. The van der Waals surface area contributed by atoms with Gasteiger partial charge < -0.3 is 19.9 Å². The van der Waals surface area contributed by atoms with E-state index in [1.54, 1.807) is 18.2 Å². The molecule has 0 amide bonds. The van der Waals surface area contributed by atoms with Gasteiger partial charge in [0.2, 0.25) is 0 Å². The summed E-state index contributed by atoms with van der Waals surface area (Å²) in [5.74, 6) is 0.539. The van der Waals surface area contributed by atoms with Crippen molar-refractivity contribution in [2.45, 2.75) is 18.9 Å². The van der Waals surface area contributed by atoms with Crippen LogP contribution in [0.1, 0.15) is 18.4 Å². The highest BCUT2D eigenvalue weighted by molar-refractivity contribution is 7.80. The smallest absolute Gasteiger partial charge is 0.161 e. The van der Waals surface area contributed by atoms with Gasteiger partial charge in [0.1, 0.15) is 4.99 Å². The van der Waals surface area contributed by atoms with Crippen LogP contribution < -0.4 is 10.1 Å². The molecule has 0 aromatic heterocycles. The minimum Gasteiger partial charge on any atom is -0.504 e. The second-order valence-electron chi connectivity index (χ2n) is 4.23. The minimum absolute atomic E-state index is 0.114. The van der Waals surface area contributed by atoms with E-state index in [1.807, 2.05) is 0 Å². The van der Waals surface area contributed by atoms with Crippen LogP contribution in [-0.2, 0) is 4.74 Å². The Bertz CT molecular complexity index is 430. The number of nitrogens with one attached hydrogen (secondary N) is 1. The van der Waals surface area contributed by atoms with Crippen molar-refractivity contribution in [1.82, 2.24) is 5.32 Å². The van der Waals surface area contributed by atoms with Crippen molar-refractivity contribution in [3.8, 4) is 11.5 Å². The first kappa shape index (κ1) is 13.1. The molecule has 2 rings (SSSR count). The van der Waals surface area contributed by atoms with E-state index in [0.29, 0.717) is 10.7 Å². The molecule has 1 aromatic carbocycles. The molecular formula is C13H17NO3S. The lowest BCUT2D eigenvalue weighted by molar-refractivity contribution is 0.114. The minimum atomic E-state index is 0.114. The lowest BCUT2D eigenvalue weighted by Gasteiger charge is -2.13. The van der Waals surface area contributed by atoms with Gasteiger partial charge in [-0.15, -0.1) is 0 Å². The van der Waals surface area contributed by atoms with Gasteiger partial charge in [-0.2, -0.15) is 0 Å². The average molecular weight is 267 g/mol. The fourth-order valence-corrected chi connectivity index (χ4v) is 2.14. The molecule has 2 N–H and O–H groups in total. The zero-order valence-corrected chi connectivity index (χ0v) is 11.1. The standard InChI is InChI=1S/C13H17NO3S/c1-16-12-7-9(4-5-11(12)15)13(18)14-8-10-3-2-6-17-10/h4-5,7,10,15H,2-3,6,8H2,1H3,(H,14,18)/t10-/m1/s1. The van der Waals surface area contributed by atoms with Crippen molar-refractivity contribution in [3.05, 3.63) is 23.8 Å². The molecule has 98 valence electrons. The highest BCUT2D eigenvalue weighted by Gasteiger charge is 2.16. The average Bonchev–Trinajstić information content (AvgIpc) is 2.89. The Hall–Kier alpha value is -1.33. The molecule has 18 heavy (non-hydrogen) atoms. The third kappa shape index (κ3) is 3.11. The van der Waals surface area contributed by atoms with Crippen LogP contribution in [0.15, 0.2) is 18.2 Å². The molecule has 1 atom stereocenters. The van der Waals surface area contributed by atoms with Crippen molar-refractivity contribution in [2.24, 2.45) is 0 Å². The predicted octanol–water partition coefficient (Wildman–Crippen LogP) is 1.84. The number of hydrogen-bond acceptors (Lipinski definition) is 4. The Morgan fingerprint density at radius 2 is 2.44 bits per heavy atom. The van der Waals surface area contributed by atoms with Crippen LogP contribution in [0, 0.1) is 0 Å². The van der Waals surface area contributed by atoms with Crippen molar-refractivity contribution in [3.63, 3.8) is 0 Å². The van der Waals surface area contributed by atoms with Crippen LogP contribution in [0.3, 0.4) is 0 Å². The molecule has 4 nitrogen and oxygen atoms in total. The number of aromatic hydroxyl groups is 1. The fourth-order valence-electron chi connectivity index (χ4n) is 1.93. The van der Waals surface area contributed by atoms with Crippen molar-refractivity contribution in [1.29, 1.82) is 0 Å². The summed E-state index contributed by atoms with van der Waals surface area (Å²) < 4.78 is 10.6. The Morgan fingerprint density at radius 3 is 3.11 bits per heavy atom. The van der Waals surface area contributed by atoms with E-state index < -0.39 is 0 Å². The summed E-state index contributed by atoms with van der Waals surface area (Å²) in [6.07, 6.45) is 2.45. The molecule has 1 aliphatic heterocycles. The number of phenolic OH excluding ortho intramolecular Hbond substituents is 1. The summed E-state index contributed by atoms with van der Waals surface area (Å²) >= 11 is 5.30. The van der Waals surface area contributed by atoms with Gasteiger partial charge in [0.05, 0.1) is 13.2 Å². The molecule has 5 heteroatoms. The summed E-state index contributed by atoms with van der Waals surface area (Å²) in [6, 6.07) is 5.07. The Morgan fingerprint density at radius 1 is 1.61 bits per heavy atom. The number of phenols is 1. The highest BCUT2D eigenvalue weighted by atomic mass is 32.1. The number of benzene rings is 1. The third-order valence-corrected chi connectivity index (χ3v) is 3.34. The van der Waals surface area contributed by atoms with Gasteiger partial charge >= 0.3 is 0 Å². The normalized spacial score (nSPS) is 18.6. The summed E-state index contributed by atoms with van der Waals surface area (Å²) in [7, 11) is 1.52. The van der Waals surface area contributed by atoms with Crippen molar-refractivity contribution >= 4 is 17.2 Å². The van der Waals surface area contributed by atoms with Gasteiger partial charge in [0.25, 0.3) is 0 Å². The van der Waals surface area contributed by atoms with Crippen LogP contribution in [-0.4, -0.2) is 36.5 Å². The van der Waals surface area contributed by atoms with Crippen LogP contribution in [0.4, 0.5) is 0 Å². The quantitative estimate of drug-likeness (QED) is 0.815. The van der Waals surface area contributed by atoms with Crippen LogP contribution in [0.2, 0.25) is 0 Å². The van der Waals surface area contributed by atoms with E-state index in [-0.39, 0.29) is 11.9 Å². The number of hydrogen-bond donors (Lipinski definition) is 2. The van der Waals surface area contributed by atoms with Crippen molar-refractivity contribution in [2.75, 3.05) is 20.3 Å². The number of thiocarbonyl (C=S) groups is 1. The molecule has 1 aliphatic rings. The Balaban J connectivity index is 1.95. The van der Waals surface area contributed by atoms with E-state index >= 15 is 0 Å². The highest BCUT2D eigenvalue weighted by Crippen LogP contribution is 2.26. The first-order chi connectivity index (χ1) is 8.70. The molecular weight excluding hydrogens is 250 g/mol. The van der Waals surface area contributed by atoms with Crippen molar-refractivity contribution < 1.29 is 14.6 Å². The van der Waals surface area contributed by atoms with Crippen LogP contribution in [0.5, 0.6) is 11.5 Å². The fraction of sp³-hybridized carbons (Fsp3) is 0.462. The predicted molar refractivity (Wildman–Crippen MR) is 73.3 cm³/mol. The SMILES string of the molecule is COc1cc(C(=S)NC[C@H]2CCCO2)ccc1O. The zero-order valence-electron chi connectivity index (χ0n) is 10.3. The maximum Gasteiger partial charge on any atom is 0.161 e. The summed E-state index contributed by atoms with van der Waals surface area (Å²) in [6.45, 7) is 1.56. The molecule has 1 heterocycles. The van der Waals surface area contributed by atoms with E-state index in [9.17, 15) is 5.11 Å². The van der Waals surface area contributed by atoms with Crippen LogP contribution >= 0.6 is 12.2 Å². The molecule has 0 radical (unpaired) electrons. The van der Waals surface area contributed by atoms with E-state index in [1.165, 1.54) is 7.11 Å². The van der Waals surface area contributed by atoms with E-state index in [4.69, 9.17) is 21.7 Å². The maximum absolute atomic E-state index is 9.51. The van der Waals surface area contributed by atoms with Gasteiger partial charge in [-0.3, -0.25) is 0 Å². The molecule has 0 spiro atoms. The number of ether oxygens (including phenoxy) is 2. The summed E-state index contributed by atoms with van der Waals surface area (Å²) in [5.41, 5.74) is 0.831. The lowest BCUT2D eigenvalue weighted by atomic mass is 10.2. The molecule has 1 saturated heterocycles. The van der Waals surface area contributed by atoms with Gasteiger partial charge in [-0.1, -0.05) is 12.2 Å². The Kier molecular flexibility index (Phi) is 4.38. The molecule has 0 unspecified atom stereocenters. The second kappa shape index (κ2) is 6.02. The first-order valence-electron chi connectivity index (χ1n) is 5.97. The topological polar surface area (TPSA) is 50.7 Å². The maximum atomic E-state index is 9.51. The van der Waals surface area contributed by atoms with Gasteiger partial charge in [0.15, 0.2) is 11.5 Å². The lowest BCUT2D eigenvalue weighted by Crippen LogP contribution is -2.31. The third-order valence-electron chi connectivity index (χ3n) is 2.96. The van der Waals surface area contributed by atoms with E-state index in [2.05, 4.69) is 5.32 Å². The molecule has 1 fully saturated rings. The van der Waals surface area contributed by atoms with Gasteiger partial charge in [-0.25, -0.2) is 0 Å². The zero-order chi connectivity index (χ0) is 13.0. The molecule has 0 bridgehead atoms. The second-order valence-corrected chi connectivity index (χ2v) is 4.64. The largest absolute Gasteiger partial charge is 0.504 e. The first-order valence-corrected chi connectivity index (χ1v) is 6.38. The number of methoxy groups -OCH3 is 1. The monoisotopic (exact) mass is 267 g/mol. The van der Waals surface area contributed by atoms with Gasteiger partial charge in [-0.05, 0) is 31.0 Å². The summed E-state index contributed by atoms with van der Waals surface area (Å²) in [5, 5.41) is 12.7. The Labute approximate surface area is 112 Å². The van der Waals surface area contributed by atoms with Crippen LogP contribution in [0.25, 0.3) is 0 Å². The summed E-state index contributed by atoms with van der Waals surface area (Å²) in [4.78, 5) is 0.642. The molecule has 0 aliphatic carbocycles.